The zero-order valence-corrected chi connectivity index (χ0v) is 19.0. The molecule has 2 aromatic heterocycles. The minimum Gasteiger partial charge on any atom is -0.497 e. The van der Waals surface area contributed by atoms with Gasteiger partial charge in [0.1, 0.15) is 11.3 Å². The predicted octanol–water partition coefficient (Wildman–Crippen LogP) is 4.58. The van der Waals surface area contributed by atoms with Crippen molar-refractivity contribution in [1.82, 2.24) is 19.9 Å². The molecule has 0 aliphatic carbocycles. The van der Waals surface area contributed by atoms with Gasteiger partial charge in [-0.3, -0.25) is 0 Å². The molecule has 0 saturated carbocycles. The Hall–Kier alpha value is -2.25. The Morgan fingerprint density at radius 2 is 2.00 bits per heavy atom. The molecule has 0 aliphatic heterocycles. The monoisotopic (exact) mass is 413 g/mol. The summed E-state index contributed by atoms with van der Waals surface area (Å²) in [6, 6.07) is 8.18. The van der Waals surface area contributed by atoms with Gasteiger partial charge in [-0.2, -0.15) is 0 Å². The van der Waals surface area contributed by atoms with Gasteiger partial charge in [0.05, 0.1) is 12.6 Å². The predicted molar refractivity (Wildman–Crippen MR) is 121 cm³/mol. The Labute approximate surface area is 177 Å². The molecule has 7 heteroatoms. The van der Waals surface area contributed by atoms with E-state index in [1.807, 2.05) is 25.4 Å². The van der Waals surface area contributed by atoms with E-state index in [4.69, 9.17) is 9.72 Å². The van der Waals surface area contributed by atoms with Gasteiger partial charge in [-0.1, -0.05) is 38.6 Å². The molecule has 0 atom stereocenters. The van der Waals surface area contributed by atoms with Crippen LogP contribution in [0.1, 0.15) is 26.3 Å². The van der Waals surface area contributed by atoms with E-state index in [2.05, 4.69) is 60.0 Å². The van der Waals surface area contributed by atoms with E-state index >= 15 is 0 Å². The van der Waals surface area contributed by atoms with Crippen molar-refractivity contribution in [1.29, 1.82) is 0 Å². The number of hydrogen-bond donors (Lipinski definition) is 2. The third-order valence-corrected chi connectivity index (χ3v) is 5.79. The molecule has 0 aliphatic rings. The summed E-state index contributed by atoms with van der Waals surface area (Å²) in [4.78, 5) is 10.5. The van der Waals surface area contributed by atoms with Crippen molar-refractivity contribution < 1.29 is 4.74 Å². The summed E-state index contributed by atoms with van der Waals surface area (Å²) in [6.07, 6.45) is 1.83. The summed E-state index contributed by atoms with van der Waals surface area (Å²) in [6.45, 7) is 11.5. The number of anilines is 1. The molecule has 1 aromatic carbocycles. The Morgan fingerprint density at radius 1 is 1.21 bits per heavy atom. The number of imidazole rings is 1. The minimum absolute atomic E-state index is 0.259. The number of fused-ring (bicyclic) bond motifs is 1. The number of pyridine rings is 1. The molecule has 6 nitrogen and oxygen atoms in total. The molecule has 0 bridgehead atoms. The van der Waals surface area contributed by atoms with Crippen LogP contribution in [0.5, 0.6) is 5.75 Å². The van der Waals surface area contributed by atoms with Gasteiger partial charge in [0.25, 0.3) is 0 Å². The fraction of sp³-hybridized carbons (Fsp3) is 0.455. The molecular formula is C22H31N5OS. The Kier molecular flexibility index (Phi) is 6.70. The van der Waals surface area contributed by atoms with Gasteiger partial charge in [-0.25, -0.2) is 9.97 Å². The summed E-state index contributed by atoms with van der Waals surface area (Å²) in [5.41, 5.74) is 3.45. The lowest BCUT2D eigenvalue weighted by molar-refractivity contribution is 0.375. The average molecular weight is 414 g/mol. The highest BCUT2D eigenvalue weighted by Gasteiger charge is 2.17. The Balaban J connectivity index is 1.94. The standard InChI is InChI=1S/C22H31N5OS/c1-15-7-8-16(28-6)13-18(15)29-21-26-19-17(9-10-25-20(19)23-5)27(21)12-11-24-14-22(2,3)4/h7-10,13,24H,11-12,14H2,1-6H3,(H,23,25). The number of hydrogen-bond acceptors (Lipinski definition) is 6. The maximum absolute atomic E-state index is 5.41. The summed E-state index contributed by atoms with van der Waals surface area (Å²) in [7, 11) is 3.57. The number of methoxy groups -OCH3 is 1. The van der Waals surface area contributed by atoms with Gasteiger partial charge >= 0.3 is 0 Å². The molecule has 2 N–H and O–H groups in total. The topological polar surface area (TPSA) is 64.0 Å². The molecule has 156 valence electrons. The molecule has 0 radical (unpaired) electrons. The van der Waals surface area contributed by atoms with Gasteiger partial charge < -0.3 is 19.9 Å². The van der Waals surface area contributed by atoms with Crippen LogP contribution in [0.25, 0.3) is 11.0 Å². The normalized spacial score (nSPS) is 11.8. The molecule has 0 saturated heterocycles. The van der Waals surface area contributed by atoms with Gasteiger partial charge in [0.15, 0.2) is 11.0 Å². The van der Waals surface area contributed by atoms with Gasteiger partial charge in [-0.05, 0) is 36.1 Å². The first-order chi connectivity index (χ1) is 13.8. The van der Waals surface area contributed by atoms with Crippen LogP contribution in [0.2, 0.25) is 0 Å². The molecule has 2 heterocycles. The van der Waals surface area contributed by atoms with E-state index < -0.39 is 0 Å². The van der Waals surface area contributed by atoms with E-state index in [1.54, 1.807) is 18.9 Å². The van der Waals surface area contributed by atoms with Crippen molar-refractivity contribution in [3.63, 3.8) is 0 Å². The number of aryl methyl sites for hydroxylation is 1. The van der Waals surface area contributed by atoms with Crippen molar-refractivity contribution in [3.05, 3.63) is 36.0 Å². The van der Waals surface area contributed by atoms with Gasteiger partial charge in [0.2, 0.25) is 0 Å². The highest BCUT2D eigenvalue weighted by Crippen LogP contribution is 2.35. The molecule has 0 amide bonds. The van der Waals surface area contributed by atoms with Crippen LogP contribution in [-0.2, 0) is 6.54 Å². The highest BCUT2D eigenvalue weighted by molar-refractivity contribution is 7.99. The van der Waals surface area contributed by atoms with Crippen molar-refractivity contribution >= 4 is 28.6 Å². The Morgan fingerprint density at radius 3 is 2.69 bits per heavy atom. The molecular weight excluding hydrogens is 382 g/mol. The lowest BCUT2D eigenvalue weighted by Crippen LogP contribution is -2.29. The van der Waals surface area contributed by atoms with Crippen LogP contribution in [0.3, 0.4) is 0 Å². The van der Waals surface area contributed by atoms with Crippen LogP contribution in [-0.4, -0.2) is 41.8 Å². The largest absolute Gasteiger partial charge is 0.497 e. The SMILES string of the molecule is CNc1nccc2c1nc(Sc1cc(OC)ccc1C)n2CCNCC(C)(C)C. The first-order valence-corrected chi connectivity index (χ1v) is 10.7. The summed E-state index contributed by atoms with van der Waals surface area (Å²) < 4.78 is 7.69. The molecule has 3 rings (SSSR count). The second-order valence-electron chi connectivity index (χ2n) is 8.29. The van der Waals surface area contributed by atoms with E-state index in [1.165, 1.54) is 5.56 Å². The van der Waals surface area contributed by atoms with Crippen molar-refractivity contribution in [2.75, 3.05) is 32.6 Å². The maximum Gasteiger partial charge on any atom is 0.174 e. The second-order valence-corrected chi connectivity index (χ2v) is 9.30. The second kappa shape index (κ2) is 9.05. The lowest BCUT2D eigenvalue weighted by atomic mass is 9.97. The molecule has 0 spiro atoms. The van der Waals surface area contributed by atoms with Gasteiger partial charge in [-0.15, -0.1) is 0 Å². The lowest BCUT2D eigenvalue weighted by Gasteiger charge is -2.19. The average Bonchev–Trinajstić information content (AvgIpc) is 3.03. The highest BCUT2D eigenvalue weighted by atomic mass is 32.2. The number of benzene rings is 1. The van der Waals surface area contributed by atoms with Crippen LogP contribution in [0.15, 0.2) is 40.5 Å². The number of rotatable bonds is 8. The summed E-state index contributed by atoms with van der Waals surface area (Å²) in [5.74, 6) is 1.65. The Bertz CT molecular complexity index is 977. The van der Waals surface area contributed by atoms with Crippen LogP contribution < -0.4 is 15.4 Å². The third-order valence-electron chi connectivity index (χ3n) is 4.63. The van der Waals surface area contributed by atoms with E-state index in [-0.39, 0.29) is 5.41 Å². The fourth-order valence-corrected chi connectivity index (χ4v) is 4.12. The zero-order chi connectivity index (χ0) is 21.0. The third kappa shape index (κ3) is 5.22. The number of nitrogens with one attached hydrogen (secondary N) is 2. The van der Waals surface area contributed by atoms with Crippen LogP contribution >= 0.6 is 11.8 Å². The number of ether oxygens (including phenoxy) is 1. The first kappa shape index (κ1) is 21.5. The first-order valence-electron chi connectivity index (χ1n) is 9.88. The molecule has 0 unspecified atom stereocenters. The molecule has 0 fully saturated rings. The molecule has 3 aromatic rings. The van der Waals surface area contributed by atoms with E-state index in [0.717, 1.165) is 52.3 Å². The number of aromatic nitrogens is 3. The smallest absolute Gasteiger partial charge is 0.174 e. The van der Waals surface area contributed by atoms with E-state index in [0.29, 0.717) is 0 Å². The van der Waals surface area contributed by atoms with Crippen molar-refractivity contribution in [2.24, 2.45) is 5.41 Å². The van der Waals surface area contributed by atoms with Crippen molar-refractivity contribution in [2.45, 2.75) is 44.3 Å². The fourth-order valence-electron chi connectivity index (χ4n) is 3.08. The van der Waals surface area contributed by atoms with Crippen LogP contribution in [0, 0.1) is 12.3 Å². The maximum atomic E-state index is 5.41. The quantitative estimate of drug-likeness (QED) is 0.527. The molecule has 29 heavy (non-hydrogen) atoms. The number of nitrogens with zero attached hydrogens (tertiary/aromatic N) is 3. The van der Waals surface area contributed by atoms with E-state index in [9.17, 15) is 0 Å². The minimum atomic E-state index is 0.259. The summed E-state index contributed by atoms with van der Waals surface area (Å²) >= 11 is 1.67. The summed E-state index contributed by atoms with van der Waals surface area (Å²) in [5, 5.41) is 7.68. The van der Waals surface area contributed by atoms with Crippen LogP contribution in [0.4, 0.5) is 5.82 Å². The van der Waals surface area contributed by atoms with Crippen molar-refractivity contribution in [3.8, 4) is 5.75 Å². The van der Waals surface area contributed by atoms with Gasteiger partial charge in [0, 0.05) is 37.8 Å². The zero-order valence-electron chi connectivity index (χ0n) is 18.2.